The van der Waals surface area contributed by atoms with Crippen LogP contribution in [0, 0.1) is 11.8 Å². The van der Waals surface area contributed by atoms with Gasteiger partial charge in [-0.3, -0.25) is 4.79 Å². The SMILES string of the molecule is CC(C)C(=O)OCCC(O)C(C)C. The van der Waals surface area contributed by atoms with Crippen molar-refractivity contribution in [2.75, 3.05) is 6.61 Å². The third-order valence-corrected chi connectivity index (χ3v) is 1.90. The van der Waals surface area contributed by atoms with Crippen molar-refractivity contribution in [1.29, 1.82) is 0 Å². The van der Waals surface area contributed by atoms with Crippen molar-refractivity contribution in [3.63, 3.8) is 0 Å². The fraction of sp³-hybridized carbons (Fsp3) is 0.900. The summed E-state index contributed by atoms with van der Waals surface area (Å²) in [5.41, 5.74) is 0. The van der Waals surface area contributed by atoms with Crippen LogP contribution in [0.3, 0.4) is 0 Å². The van der Waals surface area contributed by atoms with Gasteiger partial charge in [0.15, 0.2) is 0 Å². The van der Waals surface area contributed by atoms with Gasteiger partial charge in [0, 0.05) is 6.42 Å². The van der Waals surface area contributed by atoms with Crippen LogP contribution in [-0.4, -0.2) is 23.8 Å². The Bertz CT molecular complexity index is 152. The Balaban J connectivity index is 3.51. The van der Waals surface area contributed by atoms with Gasteiger partial charge in [-0.25, -0.2) is 0 Å². The van der Waals surface area contributed by atoms with E-state index in [0.29, 0.717) is 13.0 Å². The van der Waals surface area contributed by atoms with E-state index < -0.39 is 0 Å². The Morgan fingerprint density at radius 2 is 1.85 bits per heavy atom. The zero-order chi connectivity index (χ0) is 10.4. The summed E-state index contributed by atoms with van der Waals surface area (Å²) in [6.45, 7) is 7.78. The number of aliphatic hydroxyl groups excluding tert-OH is 1. The zero-order valence-corrected chi connectivity index (χ0v) is 8.91. The Labute approximate surface area is 80.1 Å². The van der Waals surface area contributed by atoms with Crippen LogP contribution in [0.5, 0.6) is 0 Å². The maximum atomic E-state index is 11.0. The number of carbonyl (C=O) groups is 1. The molecule has 0 bridgehead atoms. The Kier molecular flexibility index (Phi) is 5.71. The number of rotatable bonds is 5. The van der Waals surface area contributed by atoms with Gasteiger partial charge in [-0.15, -0.1) is 0 Å². The fourth-order valence-electron chi connectivity index (χ4n) is 0.780. The highest BCUT2D eigenvalue weighted by Crippen LogP contribution is 2.06. The lowest BCUT2D eigenvalue weighted by atomic mass is 10.1. The molecular weight excluding hydrogens is 168 g/mol. The summed E-state index contributed by atoms with van der Waals surface area (Å²) in [7, 11) is 0. The minimum absolute atomic E-state index is 0.0869. The quantitative estimate of drug-likeness (QED) is 0.666. The first-order chi connectivity index (χ1) is 5.95. The van der Waals surface area contributed by atoms with Gasteiger partial charge in [0.2, 0.25) is 0 Å². The molecule has 0 fully saturated rings. The van der Waals surface area contributed by atoms with Gasteiger partial charge in [0.05, 0.1) is 18.6 Å². The summed E-state index contributed by atoms with van der Waals surface area (Å²) in [5.74, 6) is -0.0649. The molecule has 0 aromatic carbocycles. The first-order valence-electron chi connectivity index (χ1n) is 4.79. The molecule has 0 radical (unpaired) electrons. The van der Waals surface area contributed by atoms with Crippen LogP contribution in [0.25, 0.3) is 0 Å². The van der Waals surface area contributed by atoms with Crippen molar-refractivity contribution in [2.24, 2.45) is 11.8 Å². The molecular formula is C10H20O3. The summed E-state index contributed by atoms with van der Waals surface area (Å²) >= 11 is 0. The molecule has 3 nitrogen and oxygen atoms in total. The molecule has 0 aliphatic rings. The van der Waals surface area contributed by atoms with E-state index in [1.54, 1.807) is 13.8 Å². The molecule has 0 aromatic heterocycles. The largest absolute Gasteiger partial charge is 0.465 e. The average Bonchev–Trinajstić information content (AvgIpc) is 2.03. The maximum Gasteiger partial charge on any atom is 0.308 e. The second-order valence-corrected chi connectivity index (χ2v) is 3.92. The molecule has 0 amide bonds. The highest BCUT2D eigenvalue weighted by atomic mass is 16.5. The number of hydrogen-bond donors (Lipinski definition) is 1. The molecule has 13 heavy (non-hydrogen) atoms. The molecule has 3 heteroatoms. The van der Waals surface area contributed by atoms with E-state index in [-0.39, 0.29) is 23.9 Å². The van der Waals surface area contributed by atoms with Crippen LogP contribution in [0.15, 0.2) is 0 Å². The first-order valence-corrected chi connectivity index (χ1v) is 4.79. The van der Waals surface area contributed by atoms with Crippen LogP contribution in [-0.2, 0) is 9.53 Å². The Hall–Kier alpha value is -0.570. The Morgan fingerprint density at radius 3 is 2.23 bits per heavy atom. The predicted molar refractivity (Wildman–Crippen MR) is 51.3 cm³/mol. The smallest absolute Gasteiger partial charge is 0.308 e. The standard InChI is InChI=1S/C10H20O3/c1-7(2)9(11)5-6-13-10(12)8(3)4/h7-9,11H,5-6H2,1-4H3. The molecule has 0 aliphatic carbocycles. The van der Waals surface area contributed by atoms with Crippen molar-refractivity contribution in [2.45, 2.75) is 40.2 Å². The van der Waals surface area contributed by atoms with Crippen molar-refractivity contribution in [3.8, 4) is 0 Å². The second-order valence-electron chi connectivity index (χ2n) is 3.92. The molecule has 0 rings (SSSR count). The summed E-state index contributed by atoms with van der Waals surface area (Å²) < 4.78 is 4.93. The lowest BCUT2D eigenvalue weighted by Gasteiger charge is -2.14. The minimum Gasteiger partial charge on any atom is -0.465 e. The number of aliphatic hydroxyl groups is 1. The highest BCUT2D eigenvalue weighted by molar-refractivity contribution is 5.71. The Morgan fingerprint density at radius 1 is 1.31 bits per heavy atom. The van der Waals surface area contributed by atoms with E-state index in [1.165, 1.54) is 0 Å². The molecule has 0 aromatic rings. The highest BCUT2D eigenvalue weighted by Gasteiger charge is 2.12. The lowest BCUT2D eigenvalue weighted by Crippen LogP contribution is -2.20. The normalized spacial score (nSPS) is 13.5. The van der Waals surface area contributed by atoms with Crippen LogP contribution in [0.1, 0.15) is 34.1 Å². The number of hydrogen-bond acceptors (Lipinski definition) is 3. The lowest BCUT2D eigenvalue weighted by molar-refractivity contribution is -0.148. The van der Waals surface area contributed by atoms with Crippen molar-refractivity contribution in [1.82, 2.24) is 0 Å². The topological polar surface area (TPSA) is 46.5 Å². The van der Waals surface area contributed by atoms with E-state index in [0.717, 1.165) is 0 Å². The number of esters is 1. The minimum atomic E-state index is -0.375. The maximum absolute atomic E-state index is 11.0. The van der Waals surface area contributed by atoms with E-state index in [9.17, 15) is 9.90 Å². The third kappa shape index (κ3) is 5.64. The molecule has 1 unspecified atom stereocenters. The summed E-state index contributed by atoms with van der Waals surface area (Å²) in [5, 5.41) is 9.39. The average molecular weight is 188 g/mol. The van der Waals surface area contributed by atoms with Gasteiger partial charge >= 0.3 is 5.97 Å². The molecule has 78 valence electrons. The summed E-state index contributed by atoms with van der Waals surface area (Å²) in [4.78, 5) is 11.0. The van der Waals surface area contributed by atoms with Crippen LogP contribution < -0.4 is 0 Å². The molecule has 0 heterocycles. The van der Waals surface area contributed by atoms with Crippen molar-refractivity contribution < 1.29 is 14.6 Å². The van der Waals surface area contributed by atoms with E-state index >= 15 is 0 Å². The van der Waals surface area contributed by atoms with Crippen molar-refractivity contribution >= 4 is 5.97 Å². The monoisotopic (exact) mass is 188 g/mol. The summed E-state index contributed by atoms with van der Waals surface area (Å²) in [6, 6.07) is 0. The molecule has 1 N–H and O–H groups in total. The van der Waals surface area contributed by atoms with E-state index in [2.05, 4.69) is 0 Å². The second kappa shape index (κ2) is 5.97. The van der Waals surface area contributed by atoms with Crippen LogP contribution in [0.4, 0.5) is 0 Å². The van der Waals surface area contributed by atoms with Crippen LogP contribution in [0.2, 0.25) is 0 Å². The van der Waals surface area contributed by atoms with Gasteiger partial charge < -0.3 is 9.84 Å². The molecule has 1 atom stereocenters. The van der Waals surface area contributed by atoms with Gasteiger partial charge in [0.25, 0.3) is 0 Å². The predicted octanol–water partition coefficient (Wildman–Crippen LogP) is 1.59. The molecule has 0 saturated heterocycles. The fourth-order valence-corrected chi connectivity index (χ4v) is 0.780. The van der Waals surface area contributed by atoms with Gasteiger partial charge in [-0.2, -0.15) is 0 Å². The van der Waals surface area contributed by atoms with E-state index in [1.807, 2.05) is 13.8 Å². The van der Waals surface area contributed by atoms with Gasteiger partial charge in [-0.1, -0.05) is 27.7 Å². The first kappa shape index (κ1) is 12.4. The third-order valence-electron chi connectivity index (χ3n) is 1.90. The van der Waals surface area contributed by atoms with Gasteiger partial charge in [0.1, 0.15) is 0 Å². The molecule has 0 saturated carbocycles. The molecule has 0 aliphatic heterocycles. The van der Waals surface area contributed by atoms with Crippen LogP contribution >= 0.6 is 0 Å². The number of carbonyl (C=O) groups excluding carboxylic acids is 1. The van der Waals surface area contributed by atoms with Crippen molar-refractivity contribution in [3.05, 3.63) is 0 Å². The summed E-state index contributed by atoms with van der Waals surface area (Å²) in [6.07, 6.45) is 0.149. The van der Waals surface area contributed by atoms with E-state index in [4.69, 9.17) is 4.74 Å². The van der Waals surface area contributed by atoms with Gasteiger partial charge in [-0.05, 0) is 5.92 Å². The number of ether oxygens (including phenoxy) is 1. The zero-order valence-electron chi connectivity index (χ0n) is 8.91. The molecule has 0 spiro atoms.